The summed E-state index contributed by atoms with van der Waals surface area (Å²) in [6, 6.07) is 7.48. The first kappa shape index (κ1) is 14.0. The molecule has 0 atom stereocenters. The van der Waals surface area contributed by atoms with E-state index in [-0.39, 0.29) is 6.09 Å². The largest absolute Gasteiger partial charge is 0.448 e. The van der Waals surface area contributed by atoms with E-state index in [1.54, 1.807) is 4.90 Å². The third-order valence-corrected chi connectivity index (χ3v) is 3.22. The number of benzene rings is 1. The van der Waals surface area contributed by atoms with E-state index < -0.39 is 0 Å². The average molecular weight is 284 g/mol. The first-order valence-electron chi connectivity index (χ1n) is 6.38. The summed E-state index contributed by atoms with van der Waals surface area (Å²) in [7, 11) is 0. The number of rotatable bonds is 4. The Hall–Kier alpha value is -1.46. The van der Waals surface area contributed by atoms with Crippen molar-refractivity contribution in [3.8, 4) is 0 Å². The Balaban J connectivity index is 1.66. The lowest BCUT2D eigenvalue weighted by Gasteiger charge is -2.26. The minimum absolute atomic E-state index is 0.248. The zero-order chi connectivity index (χ0) is 13.5. The molecule has 1 aliphatic heterocycles. The van der Waals surface area contributed by atoms with Gasteiger partial charge in [-0.25, -0.2) is 4.79 Å². The van der Waals surface area contributed by atoms with Crippen LogP contribution in [0.2, 0.25) is 5.02 Å². The van der Waals surface area contributed by atoms with Crippen LogP contribution >= 0.6 is 11.6 Å². The van der Waals surface area contributed by atoms with E-state index in [1.165, 1.54) is 0 Å². The van der Waals surface area contributed by atoms with E-state index in [0.717, 1.165) is 18.8 Å². The SMILES string of the molecule is O=C(OCCNc1ccccc1Cl)N1CCNCC1. The van der Waals surface area contributed by atoms with Crippen LogP contribution in [-0.4, -0.2) is 50.3 Å². The highest BCUT2D eigenvalue weighted by atomic mass is 35.5. The maximum atomic E-state index is 11.7. The fourth-order valence-electron chi connectivity index (χ4n) is 1.87. The third kappa shape index (κ3) is 4.29. The molecule has 0 bridgehead atoms. The van der Waals surface area contributed by atoms with Crippen molar-refractivity contribution in [1.29, 1.82) is 0 Å². The molecule has 104 valence electrons. The molecular weight excluding hydrogens is 266 g/mol. The summed E-state index contributed by atoms with van der Waals surface area (Å²) in [5.74, 6) is 0. The van der Waals surface area contributed by atoms with Crippen LogP contribution in [0, 0.1) is 0 Å². The fourth-order valence-corrected chi connectivity index (χ4v) is 2.07. The molecule has 0 saturated carbocycles. The van der Waals surface area contributed by atoms with Gasteiger partial charge in [0.2, 0.25) is 0 Å². The fraction of sp³-hybridized carbons (Fsp3) is 0.462. The van der Waals surface area contributed by atoms with Gasteiger partial charge in [-0.2, -0.15) is 0 Å². The average Bonchev–Trinajstić information content (AvgIpc) is 2.46. The van der Waals surface area contributed by atoms with E-state index in [9.17, 15) is 4.79 Å². The van der Waals surface area contributed by atoms with Crippen LogP contribution in [0.1, 0.15) is 0 Å². The van der Waals surface area contributed by atoms with Crippen molar-refractivity contribution in [2.75, 3.05) is 44.6 Å². The zero-order valence-electron chi connectivity index (χ0n) is 10.7. The Kier molecular flexibility index (Phi) is 5.30. The first-order chi connectivity index (χ1) is 9.27. The normalized spacial score (nSPS) is 15.1. The Morgan fingerprint density at radius 1 is 1.37 bits per heavy atom. The second kappa shape index (κ2) is 7.21. The number of nitrogens with zero attached hydrogens (tertiary/aromatic N) is 1. The van der Waals surface area contributed by atoms with Gasteiger partial charge in [-0.05, 0) is 12.1 Å². The maximum Gasteiger partial charge on any atom is 0.409 e. The van der Waals surface area contributed by atoms with Gasteiger partial charge in [-0.1, -0.05) is 23.7 Å². The van der Waals surface area contributed by atoms with Crippen molar-refractivity contribution in [1.82, 2.24) is 10.2 Å². The number of hydrogen-bond acceptors (Lipinski definition) is 4. The second-order valence-corrected chi connectivity index (χ2v) is 4.67. The molecule has 1 heterocycles. The van der Waals surface area contributed by atoms with Crippen molar-refractivity contribution >= 4 is 23.4 Å². The van der Waals surface area contributed by atoms with Gasteiger partial charge in [-0.15, -0.1) is 0 Å². The summed E-state index contributed by atoms with van der Waals surface area (Å²) in [5.41, 5.74) is 0.849. The summed E-state index contributed by atoms with van der Waals surface area (Å²) < 4.78 is 5.20. The standard InChI is InChI=1S/C13H18ClN3O2/c14-11-3-1-2-4-12(11)16-7-10-19-13(18)17-8-5-15-6-9-17/h1-4,15-16H,5-10H2. The van der Waals surface area contributed by atoms with Crippen LogP contribution in [0.25, 0.3) is 0 Å². The van der Waals surface area contributed by atoms with Gasteiger partial charge in [0.05, 0.1) is 10.7 Å². The molecule has 2 rings (SSSR count). The number of halogens is 1. The number of para-hydroxylation sites is 1. The van der Waals surface area contributed by atoms with Gasteiger partial charge in [-0.3, -0.25) is 0 Å². The molecule has 1 saturated heterocycles. The maximum absolute atomic E-state index is 11.7. The van der Waals surface area contributed by atoms with E-state index >= 15 is 0 Å². The molecule has 0 aliphatic carbocycles. The predicted octanol–water partition coefficient (Wildman–Crippen LogP) is 1.79. The summed E-state index contributed by atoms with van der Waals surface area (Å²) in [5, 5.41) is 6.98. The highest BCUT2D eigenvalue weighted by Crippen LogP contribution is 2.19. The number of anilines is 1. The van der Waals surface area contributed by atoms with Crippen LogP contribution in [-0.2, 0) is 4.74 Å². The molecule has 2 N–H and O–H groups in total. The summed E-state index contributed by atoms with van der Waals surface area (Å²) in [4.78, 5) is 13.4. The van der Waals surface area contributed by atoms with Crippen molar-refractivity contribution in [2.24, 2.45) is 0 Å². The number of piperazine rings is 1. The van der Waals surface area contributed by atoms with Gasteiger partial charge in [0.1, 0.15) is 6.61 Å². The molecule has 5 nitrogen and oxygen atoms in total. The van der Waals surface area contributed by atoms with E-state index in [4.69, 9.17) is 16.3 Å². The Labute approximate surface area is 117 Å². The number of carbonyl (C=O) groups excluding carboxylic acids is 1. The number of carbonyl (C=O) groups is 1. The van der Waals surface area contributed by atoms with Crippen LogP contribution in [0.5, 0.6) is 0 Å². The Bertz CT molecular complexity index is 422. The lowest BCUT2D eigenvalue weighted by Crippen LogP contribution is -2.46. The minimum Gasteiger partial charge on any atom is -0.448 e. The Morgan fingerprint density at radius 2 is 2.11 bits per heavy atom. The van der Waals surface area contributed by atoms with E-state index in [0.29, 0.717) is 31.3 Å². The van der Waals surface area contributed by atoms with Gasteiger partial charge < -0.3 is 20.3 Å². The first-order valence-corrected chi connectivity index (χ1v) is 6.76. The van der Waals surface area contributed by atoms with Gasteiger partial charge in [0, 0.05) is 32.7 Å². The molecule has 1 amide bonds. The molecule has 6 heteroatoms. The van der Waals surface area contributed by atoms with Crippen LogP contribution in [0.3, 0.4) is 0 Å². The highest BCUT2D eigenvalue weighted by Gasteiger charge is 2.16. The topological polar surface area (TPSA) is 53.6 Å². The molecule has 0 unspecified atom stereocenters. The number of amides is 1. The minimum atomic E-state index is -0.248. The van der Waals surface area contributed by atoms with Gasteiger partial charge >= 0.3 is 6.09 Å². The quantitative estimate of drug-likeness (QED) is 0.828. The smallest absolute Gasteiger partial charge is 0.409 e. The van der Waals surface area contributed by atoms with Crippen molar-refractivity contribution in [3.05, 3.63) is 29.3 Å². The van der Waals surface area contributed by atoms with E-state index in [2.05, 4.69) is 10.6 Å². The van der Waals surface area contributed by atoms with Crippen LogP contribution in [0.4, 0.5) is 10.5 Å². The zero-order valence-corrected chi connectivity index (χ0v) is 11.4. The molecule has 19 heavy (non-hydrogen) atoms. The van der Waals surface area contributed by atoms with Crippen molar-refractivity contribution in [3.63, 3.8) is 0 Å². The lowest BCUT2D eigenvalue weighted by atomic mass is 10.3. The highest BCUT2D eigenvalue weighted by molar-refractivity contribution is 6.33. The predicted molar refractivity (Wildman–Crippen MR) is 75.7 cm³/mol. The van der Waals surface area contributed by atoms with Crippen molar-refractivity contribution in [2.45, 2.75) is 0 Å². The molecule has 0 spiro atoms. The number of ether oxygens (including phenoxy) is 1. The molecule has 1 aromatic rings. The van der Waals surface area contributed by atoms with Gasteiger partial charge in [0.15, 0.2) is 0 Å². The van der Waals surface area contributed by atoms with Gasteiger partial charge in [0.25, 0.3) is 0 Å². The molecule has 1 fully saturated rings. The lowest BCUT2D eigenvalue weighted by molar-refractivity contribution is 0.101. The Morgan fingerprint density at radius 3 is 2.84 bits per heavy atom. The summed E-state index contributed by atoms with van der Waals surface area (Å²) in [6.07, 6.45) is -0.248. The van der Waals surface area contributed by atoms with E-state index in [1.807, 2.05) is 24.3 Å². The summed E-state index contributed by atoms with van der Waals surface area (Å²) in [6.45, 7) is 3.93. The van der Waals surface area contributed by atoms with Crippen LogP contribution in [0.15, 0.2) is 24.3 Å². The molecule has 0 radical (unpaired) electrons. The molecule has 0 aromatic heterocycles. The second-order valence-electron chi connectivity index (χ2n) is 4.26. The van der Waals surface area contributed by atoms with Crippen molar-refractivity contribution < 1.29 is 9.53 Å². The third-order valence-electron chi connectivity index (χ3n) is 2.89. The number of hydrogen-bond donors (Lipinski definition) is 2. The summed E-state index contributed by atoms with van der Waals surface area (Å²) >= 11 is 6.00. The number of nitrogens with one attached hydrogen (secondary N) is 2. The monoisotopic (exact) mass is 283 g/mol. The molecule has 1 aliphatic rings. The molecular formula is C13H18ClN3O2. The molecule has 1 aromatic carbocycles. The van der Waals surface area contributed by atoms with Crippen LogP contribution < -0.4 is 10.6 Å².